The molecule has 1 unspecified atom stereocenters. The molecule has 2 heteroatoms. The number of hydrogen-bond donors (Lipinski definition) is 1. The van der Waals surface area contributed by atoms with E-state index in [1.807, 2.05) is 0 Å². The molecule has 0 saturated heterocycles. The molecule has 1 saturated carbocycles. The molecular formula is C17H26ClN. The van der Waals surface area contributed by atoms with Crippen LogP contribution in [0, 0.1) is 18.3 Å². The molecule has 1 N–H and O–H groups in total. The molecule has 1 nitrogen and oxygen atoms in total. The Balaban J connectivity index is 2.07. The van der Waals surface area contributed by atoms with Gasteiger partial charge in [0.15, 0.2) is 0 Å². The largest absolute Gasteiger partial charge is 0.316 e. The van der Waals surface area contributed by atoms with E-state index in [1.54, 1.807) is 0 Å². The van der Waals surface area contributed by atoms with Gasteiger partial charge in [0.25, 0.3) is 0 Å². The molecular weight excluding hydrogens is 254 g/mol. The molecule has 1 aliphatic rings. The molecule has 0 bridgehead atoms. The van der Waals surface area contributed by atoms with Crippen molar-refractivity contribution in [1.82, 2.24) is 5.32 Å². The molecule has 0 amide bonds. The molecule has 19 heavy (non-hydrogen) atoms. The van der Waals surface area contributed by atoms with Crippen molar-refractivity contribution in [3.63, 3.8) is 0 Å². The Morgan fingerprint density at radius 1 is 1.37 bits per heavy atom. The summed E-state index contributed by atoms with van der Waals surface area (Å²) in [5, 5.41) is 4.54. The summed E-state index contributed by atoms with van der Waals surface area (Å²) in [6.07, 6.45) is 5.06. The molecule has 0 aliphatic heterocycles. The zero-order chi connectivity index (χ0) is 13.9. The predicted molar refractivity (Wildman–Crippen MR) is 83.9 cm³/mol. The molecule has 2 rings (SSSR count). The van der Waals surface area contributed by atoms with E-state index in [2.05, 4.69) is 44.3 Å². The summed E-state index contributed by atoms with van der Waals surface area (Å²) in [6.45, 7) is 8.96. The lowest BCUT2D eigenvalue weighted by Gasteiger charge is -2.31. The first-order valence-corrected chi connectivity index (χ1v) is 7.89. The molecule has 0 heterocycles. The Morgan fingerprint density at radius 2 is 2.11 bits per heavy atom. The van der Waals surface area contributed by atoms with Gasteiger partial charge in [-0.3, -0.25) is 0 Å². The van der Waals surface area contributed by atoms with Crippen LogP contribution in [0.4, 0.5) is 0 Å². The number of halogens is 1. The second kappa shape index (κ2) is 6.28. The van der Waals surface area contributed by atoms with Crippen molar-refractivity contribution in [2.24, 2.45) is 11.3 Å². The minimum Gasteiger partial charge on any atom is -0.316 e. The monoisotopic (exact) mass is 279 g/mol. The van der Waals surface area contributed by atoms with Crippen LogP contribution in [-0.2, 0) is 6.42 Å². The van der Waals surface area contributed by atoms with Gasteiger partial charge in [-0.05, 0) is 67.7 Å². The first-order valence-electron chi connectivity index (χ1n) is 7.51. The van der Waals surface area contributed by atoms with Crippen LogP contribution in [0.2, 0.25) is 5.02 Å². The SMILES string of the molecule is CCCNCC(C)(Cc1ccc(C)cc1Cl)C1CC1. The van der Waals surface area contributed by atoms with Crippen LogP contribution < -0.4 is 5.32 Å². The zero-order valence-electron chi connectivity index (χ0n) is 12.4. The number of aryl methyl sites for hydroxylation is 1. The number of rotatable bonds is 7. The lowest BCUT2D eigenvalue weighted by molar-refractivity contribution is 0.256. The summed E-state index contributed by atoms with van der Waals surface area (Å²) in [4.78, 5) is 0. The summed E-state index contributed by atoms with van der Waals surface area (Å²) in [5.41, 5.74) is 2.90. The average Bonchev–Trinajstić information content (AvgIpc) is 3.18. The van der Waals surface area contributed by atoms with E-state index >= 15 is 0 Å². The summed E-state index contributed by atoms with van der Waals surface area (Å²) in [6, 6.07) is 6.47. The maximum atomic E-state index is 6.40. The van der Waals surface area contributed by atoms with Gasteiger partial charge in [0.05, 0.1) is 0 Å². The quantitative estimate of drug-likeness (QED) is 0.719. The van der Waals surface area contributed by atoms with E-state index in [1.165, 1.54) is 30.4 Å². The Kier molecular flexibility index (Phi) is 4.92. The van der Waals surface area contributed by atoms with Crippen LogP contribution in [0.25, 0.3) is 0 Å². The molecule has 1 aromatic carbocycles. The first-order chi connectivity index (χ1) is 9.05. The first kappa shape index (κ1) is 14.9. The topological polar surface area (TPSA) is 12.0 Å². The molecule has 1 fully saturated rings. The lowest BCUT2D eigenvalue weighted by Crippen LogP contribution is -2.36. The van der Waals surface area contributed by atoms with Crippen LogP contribution in [-0.4, -0.2) is 13.1 Å². The van der Waals surface area contributed by atoms with Gasteiger partial charge in [0.1, 0.15) is 0 Å². The fraction of sp³-hybridized carbons (Fsp3) is 0.647. The van der Waals surface area contributed by atoms with Crippen LogP contribution in [0.3, 0.4) is 0 Å². The van der Waals surface area contributed by atoms with Crippen LogP contribution in [0.5, 0.6) is 0 Å². The fourth-order valence-corrected chi connectivity index (χ4v) is 3.21. The van der Waals surface area contributed by atoms with Crippen LogP contribution in [0.15, 0.2) is 18.2 Å². The molecule has 0 radical (unpaired) electrons. The molecule has 0 aromatic heterocycles. The van der Waals surface area contributed by atoms with Gasteiger partial charge >= 0.3 is 0 Å². The average molecular weight is 280 g/mol. The number of hydrogen-bond acceptors (Lipinski definition) is 1. The number of nitrogens with one attached hydrogen (secondary N) is 1. The molecule has 106 valence electrons. The van der Waals surface area contributed by atoms with Crippen molar-refractivity contribution >= 4 is 11.6 Å². The van der Waals surface area contributed by atoms with E-state index in [4.69, 9.17) is 11.6 Å². The third kappa shape index (κ3) is 3.97. The van der Waals surface area contributed by atoms with E-state index in [9.17, 15) is 0 Å². The summed E-state index contributed by atoms with van der Waals surface area (Å²) < 4.78 is 0. The number of benzene rings is 1. The summed E-state index contributed by atoms with van der Waals surface area (Å²) in [5.74, 6) is 0.870. The van der Waals surface area contributed by atoms with E-state index in [0.29, 0.717) is 5.41 Å². The maximum Gasteiger partial charge on any atom is 0.0440 e. The van der Waals surface area contributed by atoms with Crippen LogP contribution >= 0.6 is 11.6 Å². The van der Waals surface area contributed by atoms with E-state index in [0.717, 1.165) is 30.5 Å². The van der Waals surface area contributed by atoms with Gasteiger partial charge in [-0.25, -0.2) is 0 Å². The summed E-state index contributed by atoms with van der Waals surface area (Å²) in [7, 11) is 0. The Labute approximate surface area is 122 Å². The van der Waals surface area contributed by atoms with Gasteiger partial charge in [-0.2, -0.15) is 0 Å². The lowest BCUT2D eigenvalue weighted by atomic mass is 9.78. The second-order valence-corrected chi connectivity index (χ2v) is 6.78. The highest BCUT2D eigenvalue weighted by atomic mass is 35.5. The van der Waals surface area contributed by atoms with E-state index < -0.39 is 0 Å². The van der Waals surface area contributed by atoms with Crippen molar-refractivity contribution in [1.29, 1.82) is 0 Å². The molecule has 1 aromatic rings. The predicted octanol–water partition coefficient (Wildman–Crippen LogP) is 4.61. The third-order valence-corrected chi connectivity index (χ3v) is 4.67. The highest BCUT2D eigenvalue weighted by Gasteiger charge is 2.41. The summed E-state index contributed by atoms with van der Waals surface area (Å²) >= 11 is 6.40. The van der Waals surface area contributed by atoms with Crippen LogP contribution in [0.1, 0.15) is 44.2 Å². The van der Waals surface area contributed by atoms with Crippen molar-refractivity contribution in [3.8, 4) is 0 Å². The van der Waals surface area contributed by atoms with Crippen molar-refractivity contribution in [2.45, 2.75) is 46.5 Å². The highest BCUT2D eigenvalue weighted by molar-refractivity contribution is 6.31. The standard InChI is InChI=1S/C17H26ClN/c1-4-9-19-12-17(3,15-7-8-15)11-14-6-5-13(2)10-16(14)18/h5-6,10,15,19H,4,7-9,11-12H2,1-3H3. The smallest absolute Gasteiger partial charge is 0.0440 e. The Hall–Kier alpha value is -0.530. The third-order valence-electron chi connectivity index (χ3n) is 4.32. The fourth-order valence-electron chi connectivity index (χ4n) is 2.91. The maximum absolute atomic E-state index is 6.40. The van der Waals surface area contributed by atoms with Gasteiger partial charge in [-0.15, -0.1) is 0 Å². The van der Waals surface area contributed by atoms with Gasteiger partial charge in [0, 0.05) is 11.6 Å². The van der Waals surface area contributed by atoms with Gasteiger partial charge in [0.2, 0.25) is 0 Å². The normalized spacial score (nSPS) is 18.3. The zero-order valence-corrected chi connectivity index (χ0v) is 13.2. The minimum atomic E-state index is 0.355. The Bertz CT molecular complexity index is 425. The van der Waals surface area contributed by atoms with Gasteiger partial charge < -0.3 is 5.32 Å². The van der Waals surface area contributed by atoms with E-state index in [-0.39, 0.29) is 0 Å². The Morgan fingerprint density at radius 3 is 2.68 bits per heavy atom. The molecule has 1 atom stereocenters. The van der Waals surface area contributed by atoms with Gasteiger partial charge in [-0.1, -0.05) is 37.6 Å². The minimum absolute atomic E-state index is 0.355. The molecule has 1 aliphatic carbocycles. The second-order valence-electron chi connectivity index (χ2n) is 6.38. The molecule has 0 spiro atoms. The van der Waals surface area contributed by atoms with Crippen molar-refractivity contribution in [3.05, 3.63) is 34.3 Å². The van der Waals surface area contributed by atoms with Crippen molar-refractivity contribution in [2.75, 3.05) is 13.1 Å². The van der Waals surface area contributed by atoms with Crippen molar-refractivity contribution < 1.29 is 0 Å². The highest BCUT2D eigenvalue weighted by Crippen LogP contribution is 2.47.